The van der Waals surface area contributed by atoms with E-state index in [2.05, 4.69) is 15.3 Å². The third-order valence-corrected chi connectivity index (χ3v) is 4.35. The summed E-state index contributed by atoms with van der Waals surface area (Å²) >= 11 is 0. The van der Waals surface area contributed by atoms with E-state index < -0.39 is 17.1 Å². The standard InChI is InChI=1S/C18H21N5O5/c1-6-28-17(25)18(2,3)22-10-19-15-14(16(22)24)20-21-23(15)11-7-8-12(26-4)13(9-11)27-5/h7-10H,6H2,1-5H3. The van der Waals surface area contributed by atoms with Crippen molar-refractivity contribution in [3.63, 3.8) is 0 Å². The maximum Gasteiger partial charge on any atom is 0.331 e. The smallest absolute Gasteiger partial charge is 0.331 e. The van der Waals surface area contributed by atoms with Gasteiger partial charge >= 0.3 is 5.97 Å². The Hall–Kier alpha value is -3.43. The normalized spacial score (nSPS) is 11.5. The van der Waals surface area contributed by atoms with Gasteiger partial charge in [0.05, 0.1) is 26.5 Å². The first kappa shape index (κ1) is 19.3. The van der Waals surface area contributed by atoms with Crippen molar-refractivity contribution in [2.45, 2.75) is 26.3 Å². The summed E-state index contributed by atoms with van der Waals surface area (Å²) < 4.78 is 18.2. The second-order valence-corrected chi connectivity index (χ2v) is 6.41. The molecule has 0 N–H and O–H groups in total. The van der Waals surface area contributed by atoms with Crippen LogP contribution in [0, 0.1) is 0 Å². The summed E-state index contributed by atoms with van der Waals surface area (Å²) in [7, 11) is 3.06. The Morgan fingerprint density at radius 1 is 1.18 bits per heavy atom. The maximum absolute atomic E-state index is 12.9. The van der Waals surface area contributed by atoms with Gasteiger partial charge in [-0.05, 0) is 32.9 Å². The molecule has 3 rings (SSSR count). The van der Waals surface area contributed by atoms with Gasteiger partial charge in [0, 0.05) is 6.07 Å². The molecule has 0 aliphatic carbocycles. The number of aromatic nitrogens is 5. The largest absolute Gasteiger partial charge is 0.493 e. The van der Waals surface area contributed by atoms with Crippen LogP contribution in [0.15, 0.2) is 29.3 Å². The number of ether oxygens (including phenoxy) is 3. The van der Waals surface area contributed by atoms with Crippen LogP contribution in [0.1, 0.15) is 20.8 Å². The van der Waals surface area contributed by atoms with Crippen molar-refractivity contribution in [1.82, 2.24) is 24.5 Å². The number of nitrogens with zero attached hydrogens (tertiary/aromatic N) is 5. The van der Waals surface area contributed by atoms with Gasteiger partial charge in [-0.1, -0.05) is 5.21 Å². The molecule has 0 aliphatic heterocycles. The van der Waals surface area contributed by atoms with Crippen molar-refractivity contribution in [3.05, 3.63) is 34.9 Å². The molecule has 0 aliphatic rings. The second-order valence-electron chi connectivity index (χ2n) is 6.41. The summed E-state index contributed by atoms with van der Waals surface area (Å²) in [4.78, 5) is 29.4. The second kappa shape index (κ2) is 7.29. The van der Waals surface area contributed by atoms with Crippen LogP contribution in [0.25, 0.3) is 16.9 Å². The molecule has 148 valence electrons. The Labute approximate surface area is 160 Å². The zero-order valence-corrected chi connectivity index (χ0v) is 16.3. The van der Waals surface area contributed by atoms with Crippen molar-refractivity contribution in [2.75, 3.05) is 20.8 Å². The van der Waals surface area contributed by atoms with Gasteiger partial charge in [-0.3, -0.25) is 9.36 Å². The molecule has 3 aromatic rings. The molecule has 10 nitrogen and oxygen atoms in total. The first-order valence-electron chi connectivity index (χ1n) is 8.58. The summed E-state index contributed by atoms with van der Waals surface area (Å²) in [5, 5.41) is 8.01. The molecular formula is C18H21N5O5. The number of carbonyl (C=O) groups is 1. The predicted octanol–water partition coefficient (Wildman–Crippen LogP) is 1.29. The van der Waals surface area contributed by atoms with Gasteiger partial charge in [-0.2, -0.15) is 4.68 Å². The molecular weight excluding hydrogens is 366 g/mol. The van der Waals surface area contributed by atoms with E-state index in [-0.39, 0.29) is 17.8 Å². The predicted molar refractivity (Wildman–Crippen MR) is 100.0 cm³/mol. The van der Waals surface area contributed by atoms with Crippen LogP contribution in [0.3, 0.4) is 0 Å². The average Bonchev–Trinajstić information content (AvgIpc) is 3.12. The van der Waals surface area contributed by atoms with Crippen LogP contribution in [0.2, 0.25) is 0 Å². The molecule has 0 atom stereocenters. The van der Waals surface area contributed by atoms with Gasteiger partial charge in [0.15, 0.2) is 22.7 Å². The van der Waals surface area contributed by atoms with Crippen molar-refractivity contribution < 1.29 is 19.0 Å². The molecule has 10 heteroatoms. The van der Waals surface area contributed by atoms with Crippen molar-refractivity contribution in [2.24, 2.45) is 0 Å². The number of carbonyl (C=O) groups excluding carboxylic acids is 1. The molecule has 0 spiro atoms. The third kappa shape index (κ3) is 3.06. The monoisotopic (exact) mass is 387 g/mol. The highest BCUT2D eigenvalue weighted by atomic mass is 16.5. The highest BCUT2D eigenvalue weighted by Gasteiger charge is 2.33. The van der Waals surface area contributed by atoms with E-state index in [1.54, 1.807) is 39.0 Å². The Bertz CT molecular complexity index is 1090. The fraction of sp³-hybridized carbons (Fsp3) is 0.389. The Morgan fingerprint density at radius 2 is 1.89 bits per heavy atom. The van der Waals surface area contributed by atoms with Crippen LogP contribution in [0.5, 0.6) is 11.5 Å². The molecule has 2 heterocycles. The van der Waals surface area contributed by atoms with Crippen molar-refractivity contribution in [3.8, 4) is 17.2 Å². The quantitative estimate of drug-likeness (QED) is 0.582. The molecule has 2 aromatic heterocycles. The number of hydrogen-bond donors (Lipinski definition) is 0. The van der Waals surface area contributed by atoms with Crippen LogP contribution in [-0.4, -0.2) is 51.3 Å². The molecule has 0 amide bonds. The number of esters is 1. The third-order valence-electron chi connectivity index (χ3n) is 4.35. The van der Waals surface area contributed by atoms with Crippen molar-refractivity contribution in [1.29, 1.82) is 0 Å². The molecule has 0 unspecified atom stereocenters. The molecule has 0 saturated carbocycles. The number of fused-ring (bicyclic) bond motifs is 1. The number of methoxy groups -OCH3 is 2. The van der Waals surface area contributed by atoms with E-state index >= 15 is 0 Å². The topological polar surface area (TPSA) is 110 Å². The van der Waals surface area contributed by atoms with Crippen LogP contribution >= 0.6 is 0 Å². The summed E-state index contributed by atoms with van der Waals surface area (Å²) in [6.07, 6.45) is 1.29. The maximum atomic E-state index is 12.9. The molecule has 0 radical (unpaired) electrons. The van der Waals surface area contributed by atoms with E-state index in [1.807, 2.05) is 0 Å². The Morgan fingerprint density at radius 3 is 2.54 bits per heavy atom. The SMILES string of the molecule is CCOC(=O)C(C)(C)n1cnc2c(nnn2-c2ccc(OC)c(OC)c2)c1=O. The Kier molecular flexibility index (Phi) is 5.04. The van der Waals surface area contributed by atoms with Gasteiger partial charge < -0.3 is 14.2 Å². The zero-order valence-electron chi connectivity index (χ0n) is 16.3. The highest BCUT2D eigenvalue weighted by Crippen LogP contribution is 2.29. The lowest BCUT2D eigenvalue weighted by Gasteiger charge is -2.24. The van der Waals surface area contributed by atoms with E-state index in [0.717, 1.165) is 0 Å². The zero-order chi connectivity index (χ0) is 20.5. The first-order valence-corrected chi connectivity index (χ1v) is 8.58. The van der Waals surface area contributed by atoms with E-state index in [1.165, 1.54) is 29.8 Å². The fourth-order valence-corrected chi connectivity index (χ4v) is 2.74. The first-order chi connectivity index (χ1) is 13.3. The minimum absolute atomic E-state index is 0.0367. The minimum atomic E-state index is -1.23. The highest BCUT2D eigenvalue weighted by molar-refractivity contribution is 5.78. The van der Waals surface area contributed by atoms with E-state index in [0.29, 0.717) is 17.2 Å². The van der Waals surface area contributed by atoms with Gasteiger partial charge in [0.25, 0.3) is 5.56 Å². The number of benzene rings is 1. The van der Waals surface area contributed by atoms with Gasteiger partial charge in [-0.15, -0.1) is 5.10 Å². The lowest BCUT2D eigenvalue weighted by Crippen LogP contribution is -2.44. The molecule has 0 saturated heterocycles. The van der Waals surface area contributed by atoms with E-state index in [9.17, 15) is 9.59 Å². The van der Waals surface area contributed by atoms with Crippen LogP contribution in [-0.2, 0) is 15.1 Å². The summed E-state index contributed by atoms with van der Waals surface area (Å²) in [6, 6.07) is 5.15. The minimum Gasteiger partial charge on any atom is -0.493 e. The van der Waals surface area contributed by atoms with Crippen molar-refractivity contribution >= 4 is 17.1 Å². The lowest BCUT2D eigenvalue weighted by molar-refractivity contribution is -0.152. The molecule has 0 bridgehead atoms. The molecule has 1 aromatic carbocycles. The molecule has 0 fully saturated rings. The Balaban J connectivity index is 2.12. The summed E-state index contributed by atoms with van der Waals surface area (Å²) in [5.74, 6) is 0.521. The number of rotatable bonds is 6. The van der Waals surface area contributed by atoms with Crippen LogP contribution < -0.4 is 15.0 Å². The summed E-state index contributed by atoms with van der Waals surface area (Å²) in [5.41, 5.74) is -0.839. The fourth-order valence-electron chi connectivity index (χ4n) is 2.74. The van der Waals surface area contributed by atoms with Gasteiger partial charge in [-0.25, -0.2) is 9.78 Å². The molecule has 28 heavy (non-hydrogen) atoms. The van der Waals surface area contributed by atoms with Gasteiger partial charge in [0.1, 0.15) is 11.9 Å². The van der Waals surface area contributed by atoms with E-state index in [4.69, 9.17) is 14.2 Å². The number of hydrogen-bond acceptors (Lipinski definition) is 8. The average molecular weight is 387 g/mol. The van der Waals surface area contributed by atoms with Gasteiger partial charge in [0.2, 0.25) is 0 Å². The van der Waals surface area contributed by atoms with Crippen LogP contribution in [0.4, 0.5) is 0 Å². The lowest BCUT2D eigenvalue weighted by atomic mass is 10.1. The summed E-state index contributed by atoms with van der Waals surface area (Å²) in [6.45, 7) is 5.08.